The molecule has 4 rings (SSSR count). The Hall–Kier alpha value is -2.66. The van der Waals surface area contributed by atoms with Crippen molar-refractivity contribution < 1.29 is 14.3 Å². The fourth-order valence-electron chi connectivity index (χ4n) is 3.51. The molecule has 0 saturated heterocycles. The van der Waals surface area contributed by atoms with E-state index in [1.807, 2.05) is 54.0 Å². The predicted octanol–water partition coefficient (Wildman–Crippen LogP) is 4.94. The Kier molecular flexibility index (Phi) is 4.70. The lowest BCUT2D eigenvalue weighted by molar-refractivity contribution is -0.134. The Bertz CT molecular complexity index is 1010. The maximum Gasteiger partial charge on any atom is 0.320 e. The van der Waals surface area contributed by atoms with E-state index in [0.717, 1.165) is 15.7 Å². The molecule has 1 aliphatic rings. The summed E-state index contributed by atoms with van der Waals surface area (Å²) < 4.78 is 8.31. The summed E-state index contributed by atoms with van der Waals surface area (Å²) in [5.74, 6) is -0.163. The number of ketones is 1. The van der Waals surface area contributed by atoms with Crippen molar-refractivity contribution in [2.75, 3.05) is 0 Å². The molecule has 0 saturated carbocycles. The summed E-state index contributed by atoms with van der Waals surface area (Å²) in [6.45, 7) is 2.47. The molecule has 1 aromatic heterocycles. The highest BCUT2D eigenvalue weighted by Gasteiger charge is 2.37. The van der Waals surface area contributed by atoms with E-state index in [9.17, 15) is 9.59 Å². The number of carbonyl (C=O) groups is 2. The van der Waals surface area contributed by atoms with E-state index in [1.165, 1.54) is 0 Å². The standard InChI is InChI=1S/C22H18BrNO3/c1-2-17-20-19(27-22(17)26)12-18(21(25)15-8-10-16(23)11-9-15)24(20)13-14-6-4-3-5-7-14/h3-12,17H,2,13H2,1H3. The van der Waals surface area contributed by atoms with Crippen LogP contribution in [0, 0.1) is 0 Å². The molecule has 0 amide bonds. The fraction of sp³-hybridized carbons (Fsp3) is 0.182. The first-order valence-corrected chi connectivity index (χ1v) is 9.67. The van der Waals surface area contributed by atoms with Gasteiger partial charge in [0.1, 0.15) is 5.92 Å². The quantitative estimate of drug-likeness (QED) is 0.431. The van der Waals surface area contributed by atoms with E-state index < -0.39 is 0 Å². The first kappa shape index (κ1) is 17.7. The Morgan fingerprint density at radius 1 is 1.11 bits per heavy atom. The Balaban J connectivity index is 1.82. The third kappa shape index (κ3) is 3.23. The number of esters is 1. The van der Waals surface area contributed by atoms with E-state index in [0.29, 0.717) is 30.0 Å². The second-order valence-electron chi connectivity index (χ2n) is 6.57. The minimum absolute atomic E-state index is 0.0845. The van der Waals surface area contributed by atoms with Crippen LogP contribution in [-0.4, -0.2) is 16.3 Å². The van der Waals surface area contributed by atoms with Crippen molar-refractivity contribution in [1.82, 2.24) is 4.57 Å². The van der Waals surface area contributed by atoms with Gasteiger partial charge in [0, 0.05) is 22.6 Å². The highest BCUT2D eigenvalue weighted by atomic mass is 79.9. The van der Waals surface area contributed by atoms with Gasteiger partial charge in [-0.05, 0) is 36.2 Å². The molecule has 0 bridgehead atoms. The Morgan fingerprint density at radius 2 is 1.81 bits per heavy atom. The van der Waals surface area contributed by atoms with Crippen LogP contribution in [0.25, 0.3) is 0 Å². The number of ether oxygens (including phenoxy) is 1. The Morgan fingerprint density at radius 3 is 2.48 bits per heavy atom. The highest BCUT2D eigenvalue weighted by Crippen LogP contribution is 2.40. The van der Waals surface area contributed by atoms with Gasteiger partial charge in [0.05, 0.1) is 11.4 Å². The number of nitrogens with zero attached hydrogens (tertiary/aromatic N) is 1. The van der Waals surface area contributed by atoms with Gasteiger partial charge < -0.3 is 9.30 Å². The summed E-state index contributed by atoms with van der Waals surface area (Å²) in [5.41, 5.74) is 3.00. The van der Waals surface area contributed by atoms with E-state index >= 15 is 0 Å². The van der Waals surface area contributed by atoms with Gasteiger partial charge >= 0.3 is 5.97 Å². The number of aromatic nitrogens is 1. The maximum absolute atomic E-state index is 13.2. The number of fused-ring (bicyclic) bond motifs is 1. The van der Waals surface area contributed by atoms with Crippen molar-refractivity contribution in [2.24, 2.45) is 0 Å². The molecule has 3 aromatic rings. The number of benzene rings is 2. The SMILES string of the molecule is CCC1C(=O)Oc2cc(C(=O)c3ccc(Br)cc3)n(Cc3ccccc3)c21. The second kappa shape index (κ2) is 7.16. The molecule has 1 atom stereocenters. The molecule has 0 radical (unpaired) electrons. The van der Waals surface area contributed by atoms with Crippen molar-refractivity contribution in [2.45, 2.75) is 25.8 Å². The van der Waals surface area contributed by atoms with Gasteiger partial charge in [-0.2, -0.15) is 0 Å². The summed E-state index contributed by atoms with van der Waals surface area (Å²) in [4.78, 5) is 25.4. The van der Waals surface area contributed by atoms with Crippen LogP contribution < -0.4 is 4.74 Å². The molecule has 27 heavy (non-hydrogen) atoms. The van der Waals surface area contributed by atoms with E-state index in [1.54, 1.807) is 18.2 Å². The fourth-order valence-corrected chi connectivity index (χ4v) is 3.77. The largest absolute Gasteiger partial charge is 0.424 e. The summed E-state index contributed by atoms with van der Waals surface area (Å²) >= 11 is 3.40. The molecule has 0 spiro atoms. The molecular formula is C22H18BrNO3. The van der Waals surface area contributed by atoms with Gasteiger partial charge in [-0.15, -0.1) is 0 Å². The molecule has 0 fully saturated rings. The smallest absolute Gasteiger partial charge is 0.320 e. The average molecular weight is 424 g/mol. The highest BCUT2D eigenvalue weighted by molar-refractivity contribution is 9.10. The average Bonchev–Trinajstić information content (AvgIpc) is 3.17. The van der Waals surface area contributed by atoms with Crippen molar-refractivity contribution >= 4 is 27.7 Å². The predicted molar refractivity (Wildman–Crippen MR) is 106 cm³/mol. The van der Waals surface area contributed by atoms with Crippen LogP contribution in [0.2, 0.25) is 0 Å². The van der Waals surface area contributed by atoms with Gasteiger partial charge in [0.2, 0.25) is 5.78 Å². The van der Waals surface area contributed by atoms with Crippen molar-refractivity contribution in [3.63, 3.8) is 0 Å². The van der Waals surface area contributed by atoms with Crippen molar-refractivity contribution in [1.29, 1.82) is 0 Å². The van der Waals surface area contributed by atoms with Crippen LogP contribution in [-0.2, 0) is 11.3 Å². The first-order chi connectivity index (χ1) is 13.1. The van der Waals surface area contributed by atoms with Gasteiger partial charge in [0.25, 0.3) is 0 Å². The molecule has 2 aromatic carbocycles. The van der Waals surface area contributed by atoms with Crippen LogP contribution in [0.5, 0.6) is 5.75 Å². The monoisotopic (exact) mass is 423 g/mol. The second-order valence-corrected chi connectivity index (χ2v) is 7.48. The van der Waals surface area contributed by atoms with Crippen LogP contribution in [0.15, 0.2) is 65.1 Å². The van der Waals surface area contributed by atoms with Crippen molar-refractivity contribution in [3.8, 4) is 5.75 Å². The summed E-state index contributed by atoms with van der Waals surface area (Å²) in [5, 5.41) is 0. The minimum atomic E-state index is -0.338. The van der Waals surface area contributed by atoms with E-state index in [2.05, 4.69) is 15.9 Å². The van der Waals surface area contributed by atoms with Gasteiger partial charge in [-0.3, -0.25) is 9.59 Å². The lowest BCUT2D eigenvalue weighted by Gasteiger charge is -2.15. The third-order valence-corrected chi connectivity index (χ3v) is 5.39. The minimum Gasteiger partial charge on any atom is -0.424 e. The van der Waals surface area contributed by atoms with Crippen molar-refractivity contribution in [3.05, 3.63) is 87.7 Å². The number of rotatable bonds is 5. The summed E-state index contributed by atoms with van der Waals surface area (Å²) in [6.07, 6.45) is 0.635. The molecule has 2 heterocycles. The zero-order chi connectivity index (χ0) is 19.0. The van der Waals surface area contributed by atoms with E-state index in [4.69, 9.17) is 4.74 Å². The lowest BCUT2D eigenvalue weighted by Crippen LogP contribution is -2.18. The zero-order valence-corrected chi connectivity index (χ0v) is 16.4. The molecule has 0 N–H and O–H groups in total. The number of carbonyl (C=O) groups excluding carboxylic acids is 2. The normalized spacial score (nSPS) is 15.5. The van der Waals surface area contributed by atoms with E-state index in [-0.39, 0.29) is 17.7 Å². The molecule has 4 nitrogen and oxygen atoms in total. The molecule has 5 heteroatoms. The van der Waals surface area contributed by atoms with Gasteiger partial charge in [0.15, 0.2) is 5.75 Å². The lowest BCUT2D eigenvalue weighted by atomic mass is 10.0. The number of hydrogen-bond acceptors (Lipinski definition) is 3. The van der Waals surface area contributed by atoms with Gasteiger partial charge in [-0.1, -0.05) is 53.2 Å². The Labute approximate surface area is 165 Å². The molecular weight excluding hydrogens is 406 g/mol. The van der Waals surface area contributed by atoms with Crippen LogP contribution in [0.3, 0.4) is 0 Å². The zero-order valence-electron chi connectivity index (χ0n) is 14.8. The number of hydrogen-bond donors (Lipinski definition) is 0. The van der Waals surface area contributed by atoms with Gasteiger partial charge in [-0.25, -0.2) is 0 Å². The third-order valence-electron chi connectivity index (χ3n) is 4.86. The summed E-state index contributed by atoms with van der Waals surface area (Å²) in [6, 6.07) is 18.9. The maximum atomic E-state index is 13.2. The first-order valence-electron chi connectivity index (χ1n) is 8.87. The van der Waals surface area contributed by atoms with Crippen LogP contribution >= 0.6 is 15.9 Å². The molecule has 0 aliphatic carbocycles. The molecule has 136 valence electrons. The van der Waals surface area contributed by atoms with Crippen LogP contribution in [0.4, 0.5) is 0 Å². The summed E-state index contributed by atoms with van der Waals surface area (Å²) in [7, 11) is 0. The molecule has 1 aliphatic heterocycles. The topological polar surface area (TPSA) is 48.3 Å². The molecule has 1 unspecified atom stereocenters. The van der Waals surface area contributed by atoms with Crippen LogP contribution in [0.1, 0.15) is 46.6 Å². The number of halogens is 1.